The summed E-state index contributed by atoms with van der Waals surface area (Å²) in [5.74, 6) is -0.319. The number of hydrogen-bond acceptors (Lipinski definition) is 4. The van der Waals surface area contributed by atoms with Crippen molar-refractivity contribution in [1.29, 1.82) is 0 Å². The minimum absolute atomic E-state index is 0.236. The highest BCUT2D eigenvalue weighted by Crippen LogP contribution is 2.34. The number of ether oxygens (including phenoxy) is 3. The van der Waals surface area contributed by atoms with Gasteiger partial charge < -0.3 is 14.2 Å². The van der Waals surface area contributed by atoms with Crippen LogP contribution >= 0.6 is 0 Å². The topological polar surface area (TPSA) is 44.8 Å². The molecular formula is C8H10O4. The summed E-state index contributed by atoms with van der Waals surface area (Å²) >= 11 is 0. The van der Waals surface area contributed by atoms with Crippen molar-refractivity contribution < 1.29 is 19.0 Å². The third kappa shape index (κ3) is 1.13. The van der Waals surface area contributed by atoms with Gasteiger partial charge in [0, 0.05) is 0 Å². The molecule has 1 saturated heterocycles. The van der Waals surface area contributed by atoms with Gasteiger partial charge >= 0.3 is 0 Å². The van der Waals surface area contributed by atoms with E-state index in [9.17, 15) is 4.79 Å². The van der Waals surface area contributed by atoms with E-state index in [2.05, 4.69) is 0 Å². The van der Waals surface area contributed by atoms with E-state index in [-0.39, 0.29) is 6.10 Å². The first kappa shape index (κ1) is 7.76. The standard InChI is InChI=1S/C8H10O4/c1-8(2)11-6-3-5(4-9)10-7(6)12-8/h3-4,6-7H,1-2H3. The number of aldehydes is 1. The molecule has 4 nitrogen and oxygen atoms in total. The minimum Gasteiger partial charge on any atom is -0.458 e. The molecule has 1 fully saturated rings. The molecule has 12 heavy (non-hydrogen) atoms. The van der Waals surface area contributed by atoms with E-state index in [4.69, 9.17) is 14.2 Å². The summed E-state index contributed by atoms with van der Waals surface area (Å²) in [6, 6.07) is 0. The van der Waals surface area contributed by atoms with Crippen LogP contribution in [0.4, 0.5) is 0 Å². The van der Waals surface area contributed by atoms with E-state index in [1.165, 1.54) is 0 Å². The molecule has 2 aliphatic heterocycles. The normalized spacial score (nSPS) is 37.0. The minimum atomic E-state index is -0.611. The SMILES string of the molecule is CC1(C)OC2C=C(C=O)OC2O1. The molecule has 0 radical (unpaired) electrons. The Morgan fingerprint density at radius 1 is 1.50 bits per heavy atom. The van der Waals surface area contributed by atoms with Crippen molar-refractivity contribution in [1.82, 2.24) is 0 Å². The first-order valence-electron chi connectivity index (χ1n) is 3.80. The fraction of sp³-hybridized carbons (Fsp3) is 0.625. The molecule has 0 aliphatic carbocycles. The van der Waals surface area contributed by atoms with Crippen molar-refractivity contribution in [3.8, 4) is 0 Å². The van der Waals surface area contributed by atoms with Crippen LogP contribution in [0.5, 0.6) is 0 Å². The second-order valence-corrected chi connectivity index (χ2v) is 3.27. The van der Waals surface area contributed by atoms with Crippen molar-refractivity contribution in [3.05, 3.63) is 11.8 Å². The zero-order valence-corrected chi connectivity index (χ0v) is 6.94. The molecule has 2 heterocycles. The Morgan fingerprint density at radius 3 is 2.83 bits per heavy atom. The van der Waals surface area contributed by atoms with Gasteiger partial charge in [0.15, 0.2) is 17.8 Å². The lowest BCUT2D eigenvalue weighted by Gasteiger charge is -2.16. The van der Waals surface area contributed by atoms with Gasteiger partial charge in [0.05, 0.1) is 0 Å². The van der Waals surface area contributed by atoms with Crippen LogP contribution in [0.25, 0.3) is 0 Å². The lowest BCUT2D eigenvalue weighted by Crippen LogP contribution is -2.22. The zero-order valence-electron chi connectivity index (χ0n) is 6.94. The van der Waals surface area contributed by atoms with E-state index in [1.807, 2.05) is 13.8 Å². The second-order valence-electron chi connectivity index (χ2n) is 3.27. The highest BCUT2D eigenvalue weighted by molar-refractivity contribution is 5.71. The van der Waals surface area contributed by atoms with Crippen LogP contribution in [0.15, 0.2) is 11.8 Å². The van der Waals surface area contributed by atoms with Gasteiger partial charge in [-0.2, -0.15) is 0 Å². The molecule has 0 amide bonds. The van der Waals surface area contributed by atoms with E-state index < -0.39 is 12.1 Å². The van der Waals surface area contributed by atoms with Gasteiger partial charge in [-0.3, -0.25) is 4.79 Å². The molecule has 0 bridgehead atoms. The zero-order chi connectivity index (χ0) is 8.77. The maximum Gasteiger partial charge on any atom is 0.232 e. The van der Waals surface area contributed by atoms with Crippen molar-refractivity contribution in [2.75, 3.05) is 0 Å². The van der Waals surface area contributed by atoms with Crippen LogP contribution < -0.4 is 0 Å². The summed E-state index contributed by atoms with van der Waals surface area (Å²) in [4.78, 5) is 10.3. The Morgan fingerprint density at radius 2 is 2.25 bits per heavy atom. The summed E-state index contributed by atoms with van der Waals surface area (Å²) < 4.78 is 15.9. The fourth-order valence-electron chi connectivity index (χ4n) is 1.36. The van der Waals surface area contributed by atoms with E-state index in [1.54, 1.807) is 6.08 Å². The number of allylic oxidation sites excluding steroid dienone is 1. The van der Waals surface area contributed by atoms with Crippen LogP contribution in [0.3, 0.4) is 0 Å². The lowest BCUT2D eigenvalue weighted by molar-refractivity contribution is -0.181. The highest BCUT2D eigenvalue weighted by Gasteiger charge is 2.45. The van der Waals surface area contributed by atoms with E-state index in [0.717, 1.165) is 0 Å². The monoisotopic (exact) mass is 170 g/mol. The molecule has 0 aromatic heterocycles. The summed E-state index contributed by atoms with van der Waals surface area (Å²) in [6.45, 7) is 3.62. The van der Waals surface area contributed by atoms with Gasteiger partial charge in [-0.1, -0.05) is 0 Å². The van der Waals surface area contributed by atoms with Crippen LogP contribution in [-0.4, -0.2) is 24.5 Å². The van der Waals surface area contributed by atoms with Gasteiger partial charge in [-0.25, -0.2) is 0 Å². The quantitative estimate of drug-likeness (QED) is 0.540. The largest absolute Gasteiger partial charge is 0.458 e. The predicted octanol–water partition coefficient (Wildman–Crippen LogP) is 0.577. The van der Waals surface area contributed by atoms with Gasteiger partial charge in [-0.15, -0.1) is 0 Å². The van der Waals surface area contributed by atoms with Crippen LogP contribution in [0, 0.1) is 0 Å². The summed E-state index contributed by atoms with van der Waals surface area (Å²) in [5, 5.41) is 0. The van der Waals surface area contributed by atoms with E-state index in [0.29, 0.717) is 12.0 Å². The Hall–Kier alpha value is -0.870. The maximum atomic E-state index is 10.3. The molecule has 66 valence electrons. The molecule has 2 aliphatic rings. The third-order valence-electron chi connectivity index (χ3n) is 1.79. The molecular weight excluding hydrogens is 160 g/mol. The van der Waals surface area contributed by atoms with Gasteiger partial charge in [0.25, 0.3) is 0 Å². The van der Waals surface area contributed by atoms with Crippen molar-refractivity contribution >= 4 is 6.29 Å². The Balaban J connectivity index is 2.12. The molecule has 0 aromatic rings. The number of fused-ring (bicyclic) bond motifs is 1. The molecule has 0 aromatic carbocycles. The first-order valence-corrected chi connectivity index (χ1v) is 3.80. The molecule has 0 N–H and O–H groups in total. The second kappa shape index (κ2) is 2.31. The Bertz CT molecular complexity index is 243. The number of rotatable bonds is 1. The Labute approximate surface area is 70.1 Å². The molecule has 0 saturated carbocycles. The van der Waals surface area contributed by atoms with Gasteiger partial charge in [0.1, 0.15) is 6.10 Å². The molecule has 2 rings (SSSR count). The predicted molar refractivity (Wildman–Crippen MR) is 39.1 cm³/mol. The van der Waals surface area contributed by atoms with Crippen molar-refractivity contribution in [2.24, 2.45) is 0 Å². The maximum absolute atomic E-state index is 10.3. The summed E-state index contributed by atoms with van der Waals surface area (Å²) in [6.07, 6.45) is 1.60. The van der Waals surface area contributed by atoms with Crippen molar-refractivity contribution in [2.45, 2.75) is 32.0 Å². The van der Waals surface area contributed by atoms with Crippen LogP contribution in [0.2, 0.25) is 0 Å². The molecule has 0 spiro atoms. The average Bonchev–Trinajstić information content (AvgIpc) is 2.40. The summed E-state index contributed by atoms with van der Waals surface area (Å²) in [5.41, 5.74) is 0. The van der Waals surface area contributed by atoms with Crippen LogP contribution in [0.1, 0.15) is 13.8 Å². The number of hydrogen-bond donors (Lipinski definition) is 0. The number of carbonyl (C=O) groups is 1. The van der Waals surface area contributed by atoms with Gasteiger partial charge in [-0.05, 0) is 19.9 Å². The molecule has 2 atom stereocenters. The fourth-order valence-corrected chi connectivity index (χ4v) is 1.36. The van der Waals surface area contributed by atoms with Crippen LogP contribution in [-0.2, 0) is 19.0 Å². The highest BCUT2D eigenvalue weighted by atomic mass is 16.8. The Kier molecular flexibility index (Phi) is 1.49. The van der Waals surface area contributed by atoms with Gasteiger partial charge in [0.2, 0.25) is 6.29 Å². The third-order valence-corrected chi connectivity index (χ3v) is 1.79. The molecule has 2 unspecified atom stereocenters. The average molecular weight is 170 g/mol. The number of carbonyl (C=O) groups excluding carboxylic acids is 1. The lowest BCUT2D eigenvalue weighted by atomic mass is 10.3. The van der Waals surface area contributed by atoms with E-state index >= 15 is 0 Å². The van der Waals surface area contributed by atoms with Crippen molar-refractivity contribution in [3.63, 3.8) is 0 Å². The molecule has 4 heteroatoms. The summed E-state index contributed by atoms with van der Waals surface area (Å²) in [7, 11) is 0. The first-order chi connectivity index (χ1) is 5.61. The smallest absolute Gasteiger partial charge is 0.232 e.